The van der Waals surface area contributed by atoms with E-state index in [1.54, 1.807) is 12.1 Å². The molecule has 1 aromatic heterocycles. The Balaban J connectivity index is 1.73. The highest BCUT2D eigenvalue weighted by Crippen LogP contribution is 2.47. The molecule has 0 unspecified atom stereocenters. The predicted octanol–water partition coefficient (Wildman–Crippen LogP) is 2.69. The van der Waals surface area contributed by atoms with Crippen molar-refractivity contribution < 1.29 is 19.4 Å². The van der Waals surface area contributed by atoms with Gasteiger partial charge in [-0.25, -0.2) is 9.38 Å². The second-order valence-electron chi connectivity index (χ2n) is 7.98. The Morgan fingerprint density at radius 3 is 2.58 bits per heavy atom. The standard InChI is InChI=1S/C25H19FN2O3/c26-22-12-27-8-5-19(22)24(31)21-11-23-16(9-18(13-29)28-23)10-20(21)15-1-3-17(4-2-15)25(14-30)6-7-25/h1-5,8-13,30-31H,6-7,14H2. The quantitative estimate of drug-likeness (QED) is 0.629. The van der Waals surface area contributed by atoms with Gasteiger partial charge in [0.15, 0.2) is 12.1 Å². The number of carbonyl (C=O) groups excluding carboxylic acids is 1. The van der Waals surface area contributed by atoms with Crippen molar-refractivity contribution >= 4 is 29.5 Å². The number of benzene rings is 2. The van der Waals surface area contributed by atoms with Crippen LogP contribution >= 0.6 is 0 Å². The third-order valence-electron chi connectivity index (χ3n) is 6.09. The second-order valence-corrected chi connectivity index (χ2v) is 7.98. The smallest absolute Gasteiger partial charge is 0.168 e. The largest absolute Gasteiger partial charge is 0.507 e. The van der Waals surface area contributed by atoms with E-state index >= 15 is 0 Å². The molecule has 0 radical (unpaired) electrons. The maximum atomic E-state index is 14.3. The summed E-state index contributed by atoms with van der Waals surface area (Å²) in [4.78, 5) is 19.2. The van der Waals surface area contributed by atoms with Crippen LogP contribution in [0.5, 0.6) is 0 Å². The normalized spacial score (nSPS) is 16.8. The van der Waals surface area contributed by atoms with Gasteiger partial charge in [0.25, 0.3) is 0 Å². The van der Waals surface area contributed by atoms with Crippen LogP contribution in [0, 0.1) is 5.82 Å². The van der Waals surface area contributed by atoms with E-state index in [0.29, 0.717) is 28.5 Å². The minimum Gasteiger partial charge on any atom is -0.507 e. The number of aliphatic hydroxyl groups is 2. The van der Waals surface area contributed by atoms with Crippen molar-refractivity contribution in [2.75, 3.05) is 6.61 Å². The fourth-order valence-corrected chi connectivity index (χ4v) is 4.05. The van der Waals surface area contributed by atoms with Gasteiger partial charge in [0.1, 0.15) is 11.5 Å². The van der Waals surface area contributed by atoms with Crippen LogP contribution in [0.2, 0.25) is 0 Å². The first-order valence-corrected chi connectivity index (χ1v) is 9.99. The van der Waals surface area contributed by atoms with Gasteiger partial charge in [-0.3, -0.25) is 9.78 Å². The average molecular weight is 414 g/mol. The number of pyridine rings is 1. The minimum absolute atomic E-state index is 0.0339. The fraction of sp³-hybridized carbons (Fsp3) is 0.160. The van der Waals surface area contributed by atoms with Crippen LogP contribution < -0.4 is 10.4 Å². The lowest BCUT2D eigenvalue weighted by Crippen LogP contribution is -2.16. The Morgan fingerprint density at radius 1 is 1.16 bits per heavy atom. The zero-order chi connectivity index (χ0) is 21.6. The van der Waals surface area contributed by atoms with Crippen LogP contribution in [0.15, 0.2) is 59.9 Å². The SMILES string of the molecule is O=CC1=Nc2cc(=C(O)c3ccncc3F)c(-c3ccc(C4(CO)CC4)cc3)cc2=C1. The summed E-state index contributed by atoms with van der Waals surface area (Å²) in [7, 11) is 0. The van der Waals surface area contributed by atoms with Gasteiger partial charge >= 0.3 is 0 Å². The Hall–Kier alpha value is -3.64. The summed E-state index contributed by atoms with van der Waals surface area (Å²) in [5, 5.41) is 21.8. The molecule has 2 N–H and O–H groups in total. The van der Waals surface area contributed by atoms with E-state index in [-0.39, 0.29) is 23.3 Å². The lowest BCUT2D eigenvalue weighted by molar-refractivity contribution is -0.102. The van der Waals surface area contributed by atoms with E-state index < -0.39 is 5.82 Å². The minimum atomic E-state index is -0.635. The van der Waals surface area contributed by atoms with Crippen molar-refractivity contribution in [3.8, 4) is 11.1 Å². The van der Waals surface area contributed by atoms with Gasteiger partial charge < -0.3 is 10.2 Å². The van der Waals surface area contributed by atoms with Crippen molar-refractivity contribution in [1.82, 2.24) is 4.98 Å². The van der Waals surface area contributed by atoms with Crippen molar-refractivity contribution in [2.45, 2.75) is 18.3 Å². The van der Waals surface area contributed by atoms with Crippen LogP contribution in [-0.2, 0) is 10.2 Å². The number of aliphatic imine (C=N–C) groups is 1. The Morgan fingerprint density at radius 2 is 1.94 bits per heavy atom. The highest BCUT2D eigenvalue weighted by Gasteiger charge is 2.43. The highest BCUT2D eigenvalue weighted by atomic mass is 19.1. The molecule has 2 aliphatic rings. The van der Waals surface area contributed by atoms with Crippen molar-refractivity contribution in [2.24, 2.45) is 4.99 Å². The Kier molecular flexibility index (Phi) is 4.52. The molecular formula is C25H19FN2O3. The third kappa shape index (κ3) is 3.25. The molecule has 0 spiro atoms. The van der Waals surface area contributed by atoms with Crippen LogP contribution in [-0.4, -0.2) is 33.8 Å². The van der Waals surface area contributed by atoms with Gasteiger partial charge in [0.2, 0.25) is 0 Å². The number of rotatable bonds is 5. The monoisotopic (exact) mass is 414 g/mol. The first kappa shape index (κ1) is 19.3. The molecule has 0 saturated heterocycles. The summed E-state index contributed by atoms with van der Waals surface area (Å²) < 4.78 is 14.3. The molecule has 3 aromatic rings. The van der Waals surface area contributed by atoms with E-state index in [1.165, 1.54) is 12.3 Å². The number of hydrogen-bond donors (Lipinski definition) is 2. The van der Waals surface area contributed by atoms with Crippen molar-refractivity contribution in [3.05, 3.63) is 82.2 Å². The molecule has 5 nitrogen and oxygen atoms in total. The molecule has 154 valence electrons. The molecule has 1 saturated carbocycles. The molecule has 1 aliphatic carbocycles. The molecule has 0 bridgehead atoms. The van der Waals surface area contributed by atoms with Crippen LogP contribution in [0.25, 0.3) is 23.0 Å². The molecule has 2 heterocycles. The lowest BCUT2D eigenvalue weighted by Gasteiger charge is -2.13. The molecule has 1 aliphatic heterocycles. The summed E-state index contributed by atoms with van der Waals surface area (Å²) in [5.74, 6) is -0.866. The number of nitrogens with zero attached hydrogens (tertiary/aromatic N) is 2. The Bertz CT molecular complexity index is 1360. The zero-order valence-electron chi connectivity index (χ0n) is 16.5. The number of hydrogen-bond acceptors (Lipinski definition) is 5. The summed E-state index contributed by atoms with van der Waals surface area (Å²) in [6.07, 6.45) is 6.74. The van der Waals surface area contributed by atoms with Gasteiger partial charge in [-0.2, -0.15) is 0 Å². The molecular weight excluding hydrogens is 395 g/mol. The second kappa shape index (κ2) is 7.25. The summed E-state index contributed by atoms with van der Waals surface area (Å²) >= 11 is 0. The number of fused-ring (bicyclic) bond motifs is 1. The van der Waals surface area contributed by atoms with Crippen LogP contribution in [0.1, 0.15) is 24.0 Å². The van der Waals surface area contributed by atoms with Crippen molar-refractivity contribution in [1.29, 1.82) is 0 Å². The first-order valence-electron chi connectivity index (χ1n) is 9.99. The van der Waals surface area contributed by atoms with E-state index in [4.69, 9.17) is 0 Å². The summed E-state index contributed by atoms with van der Waals surface area (Å²) in [5.41, 5.74) is 3.31. The average Bonchev–Trinajstić information content (AvgIpc) is 3.50. The topological polar surface area (TPSA) is 82.8 Å². The zero-order valence-corrected chi connectivity index (χ0v) is 16.5. The Labute approximate surface area is 177 Å². The van der Waals surface area contributed by atoms with E-state index in [9.17, 15) is 19.4 Å². The van der Waals surface area contributed by atoms with Gasteiger partial charge in [-0.15, -0.1) is 0 Å². The van der Waals surface area contributed by atoms with E-state index in [1.807, 2.05) is 30.3 Å². The van der Waals surface area contributed by atoms with Crippen LogP contribution in [0.3, 0.4) is 0 Å². The maximum absolute atomic E-state index is 14.3. The van der Waals surface area contributed by atoms with Crippen LogP contribution in [0.4, 0.5) is 10.1 Å². The number of aromatic nitrogens is 1. The number of aliphatic hydroxyl groups excluding tert-OH is 2. The van der Waals surface area contributed by atoms with E-state index in [0.717, 1.165) is 35.4 Å². The summed E-state index contributed by atoms with van der Waals surface area (Å²) in [6.45, 7) is 0.118. The fourth-order valence-electron chi connectivity index (χ4n) is 4.05. The molecule has 6 heteroatoms. The van der Waals surface area contributed by atoms with Gasteiger partial charge in [0, 0.05) is 22.0 Å². The van der Waals surface area contributed by atoms with Gasteiger partial charge in [-0.05, 0) is 53.8 Å². The molecule has 0 amide bonds. The predicted molar refractivity (Wildman–Crippen MR) is 116 cm³/mol. The molecule has 1 fully saturated rings. The number of carbonyl (C=O) groups is 1. The van der Waals surface area contributed by atoms with Gasteiger partial charge in [-0.1, -0.05) is 24.3 Å². The first-order chi connectivity index (χ1) is 15.0. The molecule has 31 heavy (non-hydrogen) atoms. The number of halogens is 1. The van der Waals surface area contributed by atoms with Gasteiger partial charge in [0.05, 0.1) is 24.1 Å². The molecule has 5 rings (SSSR count). The molecule has 0 atom stereocenters. The number of aldehydes is 1. The highest BCUT2D eigenvalue weighted by molar-refractivity contribution is 6.43. The van der Waals surface area contributed by atoms with E-state index in [2.05, 4.69) is 9.98 Å². The molecule has 2 aromatic carbocycles. The third-order valence-corrected chi connectivity index (χ3v) is 6.09. The summed E-state index contributed by atoms with van der Waals surface area (Å²) in [6, 6.07) is 12.7. The van der Waals surface area contributed by atoms with Crippen molar-refractivity contribution in [3.63, 3.8) is 0 Å². The maximum Gasteiger partial charge on any atom is 0.168 e. The lowest BCUT2D eigenvalue weighted by atomic mass is 9.93.